The van der Waals surface area contributed by atoms with Gasteiger partial charge in [-0.1, -0.05) is 19.9 Å². The number of rotatable bonds is 10. The molecule has 1 aliphatic rings. The lowest BCUT2D eigenvalue weighted by Crippen LogP contribution is -2.51. The molecule has 1 aromatic heterocycles. The van der Waals surface area contributed by atoms with Crippen molar-refractivity contribution in [2.45, 2.75) is 59.7 Å². The maximum absolute atomic E-state index is 5.60. The van der Waals surface area contributed by atoms with Crippen LogP contribution in [0.5, 0.6) is 5.88 Å². The zero-order valence-corrected chi connectivity index (χ0v) is 18.8. The molecule has 7 heteroatoms. The molecular formula is C22H39N5O2. The zero-order chi connectivity index (χ0) is 21.1. The third-order valence-corrected chi connectivity index (χ3v) is 4.73. The summed E-state index contributed by atoms with van der Waals surface area (Å²) in [6.07, 6.45) is 3.12. The topological polar surface area (TPSA) is 71.0 Å². The number of morpholine rings is 1. The van der Waals surface area contributed by atoms with E-state index in [4.69, 9.17) is 14.5 Å². The average Bonchev–Trinajstić information content (AvgIpc) is 2.70. The Bertz CT molecular complexity index is 598. The van der Waals surface area contributed by atoms with Crippen LogP contribution in [0.1, 0.15) is 46.6 Å². The number of hydrogen-bond donors (Lipinski definition) is 2. The first-order chi connectivity index (χ1) is 14.0. The van der Waals surface area contributed by atoms with Crippen LogP contribution in [0.4, 0.5) is 0 Å². The Morgan fingerprint density at radius 1 is 1.21 bits per heavy atom. The molecule has 29 heavy (non-hydrogen) atoms. The van der Waals surface area contributed by atoms with E-state index < -0.39 is 0 Å². The number of aliphatic imine (C=N–C) groups is 1. The molecule has 0 radical (unpaired) electrons. The van der Waals surface area contributed by atoms with E-state index in [-0.39, 0.29) is 6.10 Å². The van der Waals surface area contributed by atoms with Gasteiger partial charge < -0.3 is 20.1 Å². The molecule has 0 bridgehead atoms. The van der Waals surface area contributed by atoms with Crippen LogP contribution >= 0.6 is 0 Å². The van der Waals surface area contributed by atoms with Crippen LogP contribution in [0.25, 0.3) is 0 Å². The van der Waals surface area contributed by atoms with Crippen LogP contribution in [-0.4, -0.2) is 67.4 Å². The Labute approximate surface area is 176 Å². The van der Waals surface area contributed by atoms with Crippen molar-refractivity contribution in [2.24, 2.45) is 10.9 Å². The fourth-order valence-corrected chi connectivity index (χ4v) is 3.39. The third-order valence-electron chi connectivity index (χ3n) is 4.73. The molecular weight excluding hydrogens is 366 g/mol. The molecule has 1 atom stereocenters. The molecule has 0 saturated carbocycles. The number of pyridine rings is 1. The second-order valence-electron chi connectivity index (χ2n) is 8.18. The van der Waals surface area contributed by atoms with Crippen molar-refractivity contribution >= 4 is 5.96 Å². The van der Waals surface area contributed by atoms with E-state index in [0.29, 0.717) is 24.4 Å². The molecule has 0 spiro atoms. The predicted octanol–water partition coefficient (Wildman–Crippen LogP) is 2.67. The number of nitrogens with one attached hydrogen (secondary N) is 2. The van der Waals surface area contributed by atoms with Crippen molar-refractivity contribution in [1.29, 1.82) is 0 Å². The van der Waals surface area contributed by atoms with E-state index in [1.165, 1.54) is 0 Å². The standard InChI is InChI=1S/C22H39N5O2/c1-6-23-22(25-15-19-7-8-21(24-14-19)29-18(4)5)26-16-20(13-17(2)3)27-9-11-28-12-10-27/h7-8,14,17-18,20H,6,9-13,15-16H2,1-5H3,(H2,23,25,26). The fourth-order valence-electron chi connectivity index (χ4n) is 3.39. The molecule has 0 amide bonds. The maximum atomic E-state index is 5.60. The second kappa shape index (κ2) is 12.6. The smallest absolute Gasteiger partial charge is 0.213 e. The minimum absolute atomic E-state index is 0.126. The molecule has 1 unspecified atom stereocenters. The van der Waals surface area contributed by atoms with Gasteiger partial charge in [0.1, 0.15) is 0 Å². The van der Waals surface area contributed by atoms with Crippen LogP contribution in [0, 0.1) is 5.92 Å². The highest BCUT2D eigenvalue weighted by Gasteiger charge is 2.22. The van der Waals surface area contributed by atoms with Gasteiger partial charge in [0.2, 0.25) is 5.88 Å². The van der Waals surface area contributed by atoms with Gasteiger partial charge in [-0.25, -0.2) is 9.98 Å². The van der Waals surface area contributed by atoms with Gasteiger partial charge in [0.15, 0.2) is 5.96 Å². The molecule has 1 saturated heterocycles. The van der Waals surface area contributed by atoms with E-state index in [1.54, 1.807) is 0 Å². The summed E-state index contributed by atoms with van der Waals surface area (Å²) in [5.74, 6) is 2.15. The highest BCUT2D eigenvalue weighted by atomic mass is 16.5. The summed E-state index contributed by atoms with van der Waals surface area (Å²) >= 11 is 0. The van der Waals surface area contributed by atoms with Gasteiger partial charge in [-0.2, -0.15) is 0 Å². The Morgan fingerprint density at radius 3 is 2.55 bits per heavy atom. The van der Waals surface area contributed by atoms with Gasteiger partial charge in [-0.05, 0) is 38.7 Å². The van der Waals surface area contributed by atoms with Crippen molar-refractivity contribution in [1.82, 2.24) is 20.5 Å². The molecule has 7 nitrogen and oxygen atoms in total. The third kappa shape index (κ3) is 9.00. The summed E-state index contributed by atoms with van der Waals surface area (Å²) in [7, 11) is 0. The molecule has 1 fully saturated rings. The van der Waals surface area contributed by atoms with E-state index in [2.05, 4.69) is 41.3 Å². The van der Waals surface area contributed by atoms with Gasteiger partial charge in [-0.15, -0.1) is 0 Å². The first-order valence-corrected chi connectivity index (χ1v) is 10.9. The van der Waals surface area contributed by atoms with Gasteiger partial charge in [0.25, 0.3) is 0 Å². The second-order valence-corrected chi connectivity index (χ2v) is 8.18. The number of ether oxygens (including phenoxy) is 2. The summed E-state index contributed by atoms with van der Waals surface area (Å²) in [5, 5.41) is 6.90. The molecule has 2 rings (SSSR count). The molecule has 1 aromatic rings. The lowest BCUT2D eigenvalue weighted by molar-refractivity contribution is 0.0132. The maximum Gasteiger partial charge on any atom is 0.213 e. The Balaban J connectivity index is 1.94. The summed E-state index contributed by atoms with van der Waals surface area (Å²) in [5.41, 5.74) is 1.06. The minimum atomic E-state index is 0.126. The largest absolute Gasteiger partial charge is 0.475 e. The van der Waals surface area contributed by atoms with Crippen LogP contribution in [0.3, 0.4) is 0 Å². The zero-order valence-electron chi connectivity index (χ0n) is 18.8. The van der Waals surface area contributed by atoms with E-state index in [0.717, 1.165) is 57.3 Å². The quantitative estimate of drug-likeness (QED) is 0.461. The molecule has 0 aromatic carbocycles. The van der Waals surface area contributed by atoms with Gasteiger partial charge in [0.05, 0.1) is 25.9 Å². The summed E-state index contributed by atoms with van der Waals surface area (Å²) in [6, 6.07) is 4.41. The lowest BCUT2D eigenvalue weighted by atomic mass is 10.0. The first-order valence-electron chi connectivity index (χ1n) is 10.9. The molecule has 0 aliphatic carbocycles. The van der Waals surface area contributed by atoms with E-state index in [1.807, 2.05) is 32.2 Å². The monoisotopic (exact) mass is 405 g/mol. The summed E-state index contributed by atoms with van der Waals surface area (Å²) < 4.78 is 11.1. The highest BCUT2D eigenvalue weighted by Crippen LogP contribution is 2.13. The minimum Gasteiger partial charge on any atom is -0.475 e. The number of aromatic nitrogens is 1. The Kier molecular flexibility index (Phi) is 10.2. The molecule has 2 N–H and O–H groups in total. The predicted molar refractivity (Wildman–Crippen MR) is 118 cm³/mol. The Morgan fingerprint density at radius 2 is 1.97 bits per heavy atom. The van der Waals surface area contributed by atoms with Gasteiger partial charge >= 0.3 is 0 Å². The highest BCUT2D eigenvalue weighted by molar-refractivity contribution is 5.79. The van der Waals surface area contributed by atoms with Crippen molar-refractivity contribution in [3.8, 4) is 5.88 Å². The SMILES string of the molecule is CCNC(=NCc1ccc(OC(C)C)nc1)NCC(CC(C)C)N1CCOCC1. The van der Waals surface area contributed by atoms with Gasteiger partial charge in [-0.3, -0.25) is 4.90 Å². The first kappa shape index (κ1) is 23.4. The van der Waals surface area contributed by atoms with Crippen LogP contribution < -0.4 is 15.4 Å². The summed E-state index contributed by atoms with van der Waals surface area (Å²) in [4.78, 5) is 11.6. The van der Waals surface area contributed by atoms with E-state index in [9.17, 15) is 0 Å². The average molecular weight is 406 g/mol. The van der Waals surface area contributed by atoms with Gasteiger partial charge in [0, 0.05) is 44.5 Å². The summed E-state index contributed by atoms with van der Waals surface area (Å²) in [6.45, 7) is 16.6. The molecule has 1 aliphatic heterocycles. The number of hydrogen-bond acceptors (Lipinski definition) is 5. The van der Waals surface area contributed by atoms with Crippen LogP contribution in [0.15, 0.2) is 23.3 Å². The lowest BCUT2D eigenvalue weighted by Gasteiger charge is -2.35. The normalized spacial score (nSPS) is 16.9. The number of nitrogens with zero attached hydrogens (tertiary/aromatic N) is 3. The molecule has 2 heterocycles. The van der Waals surface area contributed by atoms with Crippen molar-refractivity contribution in [3.63, 3.8) is 0 Å². The van der Waals surface area contributed by atoms with Crippen LogP contribution in [-0.2, 0) is 11.3 Å². The van der Waals surface area contributed by atoms with Crippen molar-refractivity contribution in [2.75, 3.05) is 39.4 Å². The van der Waals surface area contributed by atoms with E-state index >= 15 is 0 Å². The number of guanidine groups is 1. The fraction of sp³-hybridized carbons (Fsp3) is 0.727. The Hall–Kier alpha value is -1.86. The van der Waals surface area contributed by atoms with Crippen molar-refractivity contribution < 1.29 is 9.47 Å². The van der Waals surface area contributed by atoms with Crippen LogP contribution in [0.2, 0.25) is 0 Å². The molecule has 164 valence electrons. The van der Waals surface area contributed by atoms with Crippen molar-refractivity contribution in [3.05, 3.63) is 23.9 Å².